The number of benzene rings is 1. The summed E-state index contributed by atoms with van der Waals surface area (Å²) < 4.78 is 6.10. The van der Waals surface area contributed by atoms with Crippen LogP contribution in [0.15, 0.2) is 46.2 Å². The van der Waals surface area contributed by atoms with Crippen LogP contribution >= 0.6 is 11.3 Å². The van der Waals surface area contributed by atoms with E-state index >= 15 is 0 Å². The zero-order valence-electron chi connectivity index (χ0n) is 14.1. The van der Waals surface area contributed by atoms with Crippen LogP contribution in [0.4, 0.5) is 0 Å². The Labute approximate surface area is 142 Å². The van der Waals surface area contributed by atoms with Gasteiger partial charge < -0.3 is 9.32 Å². The SMILES string of the molecule is Cc1c(CN(CCN(C)C)Cc2cccs2)oc2ccccc12. The van der Waals surface area contributed by atoms with Crippen molar-refractivity contribution in [1.29, 1.82) is 0 Å². The fraction of sp³-hybridized carbons (Fsp3) is 0.368. The number of furan rings is 1. The number of likely N-dealkylation sites (N-methyl/N-ethyl adjacent to an activating group) is 1. The Morgan fingerprint density at radius 3 is 2.52 bits per heavy atom. The van der Waals surface area contributed by atoms with Crippen LogP contribution in [0.25, 0.3) is 11.0 Å². The summed E-state index contributed by atoms with van der Waals surface area (Å²) >= 11 is 1.82. The smallest absolute Gasteiger partial charge is 0.134 e. The number of fused-ring (bicyclic) bond motifs is 1. The third kappa shape index (κ3) is 4.02. The van der Waals surface area contributed by atoms with Crippen LogP contribution in [-0.4, -0.2) is 37.0 Å². The van der Waals surface area contributed by atoms with Crippen LogP contribution in [0.3, 0.4) is 0 Å². The lowest BCUT2D eigenvalue weighted by atomic mass is 10.1. The van der Waals surface area contributed by atoms with Gasteiger partial charge in [0, 0.05) is 29.9 Å². The molecule has 2 heterocycles. The summed E-state index contributed by atoms with van der Waals surface area (Å²) in [4.78, 5) is 6.10. The lowest BCUT2D eigenvalue weighted by Crippen LogP contribution is -2.30. The van der Waals surface area contributed by atoms with Gasteiger partial charge in [0.2, 0.25) is 0 Å². The molecule has 4 heteroatoms. The van der Waals surface area contributed by atoms with Crippen molar-refractivity contribution >= 4 is 22.3 Å². The van der Waals surface area contributed by atoms with E-state index in [0.29, 0.717) is 0 Å². The maximum atomic E-state index is 6.10. The molecule has 2 aromatic heterocycles. The number of nitrogens with zero attached hydrogens (tertiary/aromatic N) is 2. The Balaban J connectivity index is 1.79. The minimum Gasteiger partial charge on any atom is -0.459 e. The van der Waals surface area contributed by atoms with E-state index in [-0.39, 0.29) is 0 Å². The third-order valence-corrected chi connectivity index (χ3v) is 4.99. The number of para-hydroxylation sites is 1. The minimum atomic E-state index is 0.853. The van der Waals surface area contributed by atoms with E-state index in [2.05, 4.69) is 66.5 Å². The highest BCUT2D eigenvalue weighted by Gasteiger charge is 2.15. The average molecular weight is 328 g/mol. The first-order valence-electron chi connectivity index (χ1n) is 8.00. The van der Waals surface area contributed by atoms with Gasteiger partial charge >= 0.3 is 0 Å². The molecule has 122 valence electrons. The highest BCUT2D eigenvalue weighted by Crippen LogP contribution is 2.26. The molecule has 3 aromatic rings. The minimum absolute atomic E-state index is 0.853. The number of hydrogen-bond donors (Lipinski definition) is 0. The number of hydrogen-bond acceptors (Lipinski definition) is 4. The van der Waals surface area contributed by atoms with Crippen LogP contribution in [0, 0.1) is 6.92 Å². The molecule has 0 aliphatic carbocycles. The van der Waals surface area contributed by atoms with Gasteiger partial charge in [0.25, 0.3) is 0 Å². The second kappa shape index (κ2) is 7.30. The molecule has 3 nitrogen and oxygen atoms in total. The fourth-order valence-electron chi connectivity index (χ4n) is 2.76. The second-order valence-corrected chi connectivity index (χ2v) is 7.27. The van der Waals surface area contributed by atoms with Crippen molar-refractivity contribution in [3.8, 4) is 0 Å². The van der Waals surface area contributed by atoms with Crippen molar-refractivity contribution < 1.29 is 4.42 Å². The van der Waals surface area contributed by atoms with Gasteiger partial charge in [0.05, 0.1) is 6.54 Å². The van der Waals surface area contributed by atoms with E-state index in [1.54, 1.807) is 0 Å². The van der Waals surface area contributed by atoms with Crippen LogP contribution in [0.2, 0.25) is 0 Å². The summed E-state index contributed by atoms with van der Waals surface area (Å²) in [6.07, 6.45) is 0. The highest BCUT2D eigenvalue weighted by atomic mass is 32.1. The first-order chi connectivity index (χ1) is 11.1. The van der Waals surface area contributed by atoms with Crippen molar-refractivity contribution in [2.45, 2.75) is 20.0 Å². The molecule has 0 N–H and O–H groups in total. The molecule has 0 atom stereocenters. The van der Waals surface area contributed by atoms with Crippen molar-refractivity contribution in [2.75, 3.05) is 27.2 Å². The molecule has 1 aromatic carbocycles. The Morgan fingerprint density at radius 2 is 1.83 bits per heavy atom. The van der Waals surface area contributed by atoms with Gasteiger partial charge in [-0.05, 0) is 44.1 Å². The molecular weight excluding hydrogens is 304 g/mol. The van der Waals surface area contributed by atoms with Gasteiger partial charge in [-0.25, -0.2) is 0 Å². The molecule has 0 fully saturated rings. The summed E-state index contributed by atoms with van der Waals surface area (Å²) in [5, 5.41) is 3.37. The Hall–Kier alpha value is -1.62. The van der Waals surface area contributed by atoms with E-state index < -0.39 is 0 Å². The van der Waals surface area contributed by atoms with Crippen LogP contribution in [0.5, 0.6) is 0 Å². The summed E-state index contributed by atoms with van der Waals surface area (Å²) in [6, 6.07) is 12.6. The van der Waals surface area contributed by atoms with E-state index in [1.165, 1.54) is 15.8 Å². The molecule has 23 heavy (non-hydrogen) atoms. The Kier molecular flexibility index (Phi) is 5.16. The van der Waals surface area contributed by atoms with E-state index in [1.807, 2.05) is 17.4 Å². The molecule has 0 amide bonds. The predicted octanol–water partition coefficient (Wildman–Crippen LogP) is 4.37. The van der Waals surface area contributed by atoms with E-state index in [9.17, 15) is 0 Å². The monoisotopic (exact) mass is 328 g/mol. The molecule has 0 saturated heterocycles. The van der Waals surface area contributed by atoms with Crippen molar-refractivity contribution in [3.05, 3.63) is 58.0 Å². The lowest BCUT2D eigenvalue weighted by Gasteiger charge is -2.23. The predicted molar refractivity (Wildman–Crippen MR) is 97.9 cm³/mol. The first-order valence-corrected chi connectivity index (χ1v) is 8.88. The maximum Gasteiger partial charge on any atom is 0.134 e. The standard InChI is InChI=1S/C19H24N2OS/c1-15-17-8-4-5-9-18(17)22-19(15)14-21(11-10-20(2)3)13-16-7-6-12-23-16/h4-9,12H,10-11,13-14H2,1-3H3. The fourth-order valence-corrected chi connectivity index (χ4v) is 3.50. The third-order valence-electron chi connectivity index (χ3n) is 4.13. The van der Waals surface area contributed by atoms with E-state index in [0.717, 1.165) is 37.5 Å². The Morgan fingerprint density at radius 1 is 1.00 bits per heavy atom. The van der Waals surface area contributed by atoms with Crippen molar-refractivity contribution in [1.82, 2.24) is 9.80 Å². The zero-order valence-corrected chi connectivity index (χ0v) is 14.9. The van der Waals surface area contributed by atoms with Gasteiger partial charge in [-0.15, -0.1) is 11.3 Å². The van der Waals surface area contributed by atoms with Gasteiger partial charge in [-0.2, -0.15) is 0 Å². The number of aryl methyl sites for hydroxylation is 1. The molecule has 0 aliphatic heterocycles. The number of rotatable bonds is 7. The van der Waals surface area contributed by atoms with Gasteiger partial charge in [0.1, 0.15) is 11.3 Å². The number of thiophene rings is 1. The normalized spacial score (nSPS) is 11.9. The largest absolute Gasteiger partial charge is 0.459 e. The molecule has 3 rings (SSSR count). The summed E-state index contributed by atoms with van der Waals surface area (Å²) in [7, 11) is 4.24. The molecule has 0 saturated carbocycles. The van der Waals surface area contributed by atoms with Crippen molar-refractivity contribution in [3.63, 3.8) is 0 Å². The van der Waals surface area contributed by atoms with Gasteiger partial charge in [-0.1, -0.05) is 24.3 Å². The van der Waals surface area contributed by atoms with E-state index in [4.69, 9.17) is 4.42 Å². The van der Waals surface area contributed by atoms with Crippen LogP contribution < -0.4 is 0 Å². The van der Waals surface area contributed by atoms with Crippen LogP contribution in [-0.2, 0) is 13.1 Å². The lowest BCUT2D eigenvalue weighted by molar-refractivity contribution is 0.213. The van der Waals surface area contributed by atoms with Gasteiger partial charge in [-0.3, -0.25) is 4.90 Å². The van der Waals surface area contributed by atoms with Crippen LogP contribution in [0.1, 0.15) is 16.2 Å². The van der Waals surface area contributed by atoms with Gasteiger partial charge in [0.15, 0.2) is 0 Å². The molecular formula is C19H24N2OS. The summed E-state index contributed by atoms with van der Waals surface area (Å²) in [5.74, 6) is 1.08. The first kappa shape index (κ1) is 16.2. The Bertz CT molecular complexity index is 746. The second-order valence-electron chi connectivity index (χ2n) is 6.24. The molecule has 0 bridgehead atoms. The molecule has 0 unspecified atom stereocenters. The molecule has 0 aliphatic rings. The highest BCUT2D eigenvalue weighted by molar-refractivity contribution is 7.09. The topological polar surface area (TPSA) is 19.6 Å². The molecule has 0 spiro atoms. The van der Waals surface area contributed by atoms with Crippen molar-refractivity contribution in [2.24, 2.45) is 0 Å². The average Bonchev–Trinajstić information content (AvgIpc) is 3.14. The summed E-state index contributed by atoms with van der Waals surface area (Å²) in [5.41, 5.74) is 2.25. The zero-order chi connectivity index (χ0) is 16.2. The molecule has 0 radical (unpaired) electrons. The summed E-state index contributed by atoms with van der Waals surface area (Å²) in [6.45, 7) is 6.07. The quantitative estimate of drug-likeness (QED) is 0.642. The maximum absolute atomic E-state index is 6.10.